The summed E-state index contributed by atoms with van der Waals surface area (Å²) in [7, 11) is 3.04. The zero-order chi connectivity index (χ0) is 14.9. The number of aromatic nitrogens is 3. The Morgan fingerprint density at radius 1 is 1.40 bits per heavy atom. The number of carbonyl (C=O) groups is 1. The van der Waals surface area contributed by atoms with Crippen LogP contribution in [0.4, 0.5) is 0 Å². The molecule has 6 heteroatoms. The van der Waals surface area contributed by atoms with Crippen LogP contribution in [-0.2, 0) is 13.6 Å². The standard InChI is InChI=1S/C14H17N3O3/c1-9-5-6-11(10(2)18)7-12(9)8-17-13(20-4)15-16(3)14(17)19/h5-7H,8H2,1-4H3. The Morgan fingerprint density at radius 2 is 2.10 bits per heavy atom. The van der Waals surface area contributed by atoms with E-state index in [2.05, 4.69) is 5.10 Å². The van der Waals surface area contributed by atoms with Gasteiger partial charge in [0.1, 0.15) is 0 Å². The summed E-state index contributed by atoms with van der Waals surface area (Å²) in [5.74, 6) is -0.00301. The Morgan fingerprint density at radius 3 is 2.70 bits per heavy atom. The summed E-state index contributed by atoms with van der Waals surface area (Å²) in [6.07, 6.45) is 0. The van der Waals surface area contributed by atoms with Gasteiger partial charge in [-0.15, -0.1) is 5.10 Å². The van der Waals surface area contributed by atoms with Gasteiger partial charge in [0.25, 0.3) is 0 Å². The molecule has 0 saturated heterocycles. The van der Waals surface area contributed by atoms with Crippen LogP contribution in [0.5, 0.6) is 6.01 Å². The molecule has 106 valence electrons. The molecular formula is C14H17N3O3. The molecule has 1 aromatic heterocycles. The van der Waals surface area contributed by atoms with Gasteiger partial charge in [-0.2, -0.15) is 0 Å². The molecule has 0 amide bonds. The topological polar surface area (TPSA) is 66.1 Å². The number of Topliss-reactive ketones (excluding diaryl/α,β-unsaturated/α-hetero) is 1. The molecule has 0 atom stereocenters. The second kappa shape index (κ2) is 5.32. The second-order valence-electron chi connectivity index (χ2n) is 4.68. The number of aryl methyl sites for hydroxylation is 2. The van der Waals surface area contributed by atoms with Crippen molar-refractivity contribution in [1.29, 1.82) is 0 Å². The van der Waals surface area contributed by atoms with E-state index in [1.165, 1.54) is 23.3 Å². The van der Waals surface area contributed by atoms with E-state index in [9.17, 15) is 9.59 Å². The van der Waals surface area contributed by atoms with Crippen LogP contribution in [0.25, 0.3) is 0 Å². The fourth-order valence-electron chi connectivity index (χ4n) is 2.00. The lowest BCUT2D eigenvalue weighted by Crippen LogP contribution is -2.23. The van der Waals surface area contributed by atoms with Crippen LogP contribution in [0.3, 0.4) is 0 Å². The molecule has 0 bridgehead atoms. The number of nitrogens with zero attached hydrogens (tertiary/aromatic N) is 3. The first-order valence-corrected chi connectivity index (χ1v) is 6.22. The van der Waals surface area contributed by atoms with Gasteiger partial charge in [-0.25, -0.2) is 14.0 Å². The average molecular weight is 275 g/mol. The summed E-state index contributed by atoms with van der Waals surface area (Å²) < 4.78 is 7.76. The summed E-state index contributed by atoms with van der Waals surface area (Å²) in [6, 6.07) is 5.71. The van der Waals surface area contributed by atoms with Gasteiger partial charge in [0.05, 0.1) is 13.7 Å². The van der Waals surface area contributed by atoms with Crippen molar-refractivity contribution in [3.8, 4) is 6.01 Å². The minimum atomic E-state index is -0.255. The van der Waals surface area contributed by atoms with Crippen molar-refractivity contribution in [3.63, 3.8) is 0 Å². The molecule has 1 heterocycles. The number of ketones is 1. The molecular weight excluding hydrogens is 258 g/mol. The quantitative estimate of drug-likeness (QED) is 0.785. The van der Waals surface area contributed by atoms with Crippen LogP contribution < -0.4 is 10.4 Å². The highest BCUT2D eigenvalue weighted by Gasteiger charge is 2.13. The Hall–Kier alpha value is -2.37. The number of hydrogen-bond donors (Lipinski definition) is 0. The lowest BCUT2D eigenvalue weighted by molar-refractivity contribution is 0.101. The van der Waals surface area contributed by atoms with Gasteiger partial charge < -0.3 is 4.74 Å². The fourth-order valence-corrected chi connectivity index (χ4v) is 2.00. The number of ether oxygens (including phenoxy) is 1. The van der Waals surface area contributed by atoms with Crippen molar-refractivity contribution in [3.05, 3.63) is 45.4 Å². The fraction of sp³-hybridized carbons (Fsp3) is 0.357. The van der Waals surface area contributed by atoms with Gasteiger partial charge in [0.15, 0.2) is 5.78 Å². The van der Waals surface area contributed by atoms with Crippen LogP contribution >= 0.6 is 0 Å². The predicted molar refractivity (Wildman–Crippen MR) is 74.3 cm³/mol. The maximum atomic E-state index is 12.0. The zero-order valence-electron chi connectivity index (χ0n) is 12.0. The molecule has 2 aromatic rings. The third-order valence-corrected chi connectivity index (χ3v) is 3.24. The largest absolute Gasteiger partial charge is 0.467 e. The first-order chi connectivity index (χ1) is 9.43. The van der Waals surface area contributed by atoms with Gasteiger partial charge in [-0.05, 0) is 31.0 Å². The van der Waals surface area contributed by atoms with Gasteiger partial charge in [-0.1, -0.05) is 12.1 Å². The van der Waals surface area contributed by atoms with Crippen LogP contribution in [-0.4, -0.2) is 27.2 Å². The van der Waals surface area contributed by atoms with Crippen molar-refractivity contribution in [1.82, 2.24) is 14.3 Å². The maximum absolute atomic E-state index is 12.0. The predicted octanol–water partition coefficient (Wildman–Crippen LogP) is 1.15. The SMILES string of the molecule is COc1nn(C)c(=O)n1Cc1cc(C(C)=O)ccc1C. The number of carbonyl (C=O) groups excluding carboxylic acids is 1. The number of rotatable bonds is 4. The van der Waals surface area contributed by atoms with E-state index in [0.717, 1.165) is 11.1 Å². The molecule has 20 heavy (non-hydrogen) atoms. The highest BCUT2D eigenvalue weighted by molar-refractivity contribution is 5.94. The average Bonchev–Trinajstić information content (AvgIpc) is 2.68. The first-order valence-electron chi connectivity index (χ1n) is 6.22. The van der Waals surface area contributed by atoms with Crippen molar-refractivity contribution >= 4 is 5.78 Å². The normalized spacial score (nSPS) is 10.6. The lowest BCUT2D eigenvalue weighted by atomic mass is 10.0. The third kappa shape index (κ3) is 2.49. The van der Waals surface area contributed by atoms with Crippen LogP contribution in [0.1, 0.15) is 28.4 Å². The molecule has 0 aliphatic rings. The summed E-state index contributed by atoms with van der Waals surface area (Å²) in [5, 5.41) is 3.99. The molecule has 0 aliphatic heterocycles. The minimum absolute atomic E-state index is 0.00301. The van der Waals surface area contributed by atoms with Gasteiger partial charge >= 0.3 is 11.7 Å². The summed E-state index contributed by atoms with van der Waals surface area (Å²) >= 11 is 0. The van der Waals surface area contributed by atoms with Crippen LogP contribution in [0.15, 0.2) is 23.0 Å². The van der Waals surface area contributed by atoms with E-state index in [4.69, 9.17) is 4.74 Å². The van der Waals surface area contributed by atoms with E-state index in [-0.39, 0.29) is 17.5 Å². The highest BCUT2D eigenvalue weighted by Crippen LogP contribution is 2.15. The van der Waals surface area contributed by atoms with Crippen molar-refractivity contribution in [2.24, 2.45) is 7.05 Å². The highest BCUT2D eigenvalue weighted by atomic mass is 16.5. The van der Waals surface area contributed by atoms with Crippen LogP contribution in [0, 0.1) is 6.92 Å². The molecule has 0 unspecified atom stereocenters. The first kappa shape index (κ1) is 14.0. The van der Waals surface area contributed by atoms with E-state index < -0.39 is 0 Å². The molecule has 2 rings (SSSR count). The second-order valence-corrected chi connectivity index (χ2v) is 4.68. The lowest BCUT2D eigenvalue weighted by Gasteiger charge is -2.09. The molecule has 0 radical (unpaired) electrons. The number of hydrogen-bond acceptors (Lipinski definition) is 4. The Labute approximate surface area is 116 Å². The molecule has 0 aliphatic carbocycles. The molecule has 0 N–H and O–H groups in total. The summed E-state index contributed by atoms with van der Waals surface area (Å²) in [5.41, 5.74) is 2.27. The molecule has 6 nitrogen and oxygen atoms in total. The van der Waals surface area contributed by atoms with E-state index in [0.29, 0.717) is 12.1 Å². The van der Waals surface area contributed by atoms with Crippen LogP contribution in [0.2, 0.25) is 0 Å². The van der Waals surface area contributed by atoms with Gasteiger partial charge in [0.2, 0.25) is 0 Å². The summed E-state index contributed by atoms with van der Waals surface area (Å²) in [4.78, 5) is 23.4. The molecule has 1 aromatic carbocycles. The number of benzene rings is 1. The molecule has 0 fully saturated rings. The van der Waals surface area contributed by atoms with Crippen molar-refractivity contribution in [2.45, 2.75) is 20.4 Å². The monoisotopic (exact) mass is 275 g/mol. The van der Waals surface area contributed by atoms with E-state index >= 15 is 0 Å². The van der Waals surface area contributed by atoms with Gasteiger partial charge in [-0.3, -0.25) is 4.79 Å². The third-order valence-electron chi connectivity index (χ3n) is 3.24. The smallest absolute Gasteiger partial charge is 0.348 e. The Balaban J connectivity index is 2.47. The minimum Gasteiger partial charge on any atom is -0.467 e. The molecule has 0 saturated carbocycles. The van der Waals surface area contributed by atoms with Gasteiger partial charge in [0, 0.05) is 12.6 Å². The van der Waals surface area contributed by atoms with E-state index in [1.54, 1.807) is 19.2 Å². The zero-order valence-corrected chi connectivity index (χ0v) is 12.0. The Kier molecular flexibility index (Phi) is 3.74. The van der Waals surface area contributed by atoms with Crippen molar-refractivity contribution in [2.75, 3.05) is 7.11 Å². The maximum Gasteiger partial charge on any atom is 0.348 e. The van der Waals surface area contributed by atoms with Crippen molar-refractivity contribution < 1.29 is 9.53 Å². The Bertz CT molecular complexity index is 713. The number of methoxy groups -OCH3 is 1. The molecule has 0 spiro atoms. The summed E-state index contributed by atoms with van der Waals surface area (Å²) in [6.45, 7) is 3.78. The van der Waals surface area contributed by atoms with E-state index in [1.807, 2.05) is 13.0 Å².